The highest BCUT2D eigenvalue weighted by Crippen LogP contribution is 2.33. The fraction of sp³-hybridized carbons (Fsp3) is 0.632. The van der Waals surface area contributed by atoms with Crippen LogP contribution in [0, 0.1) is 0 Å². The molecular weight excluding hydrogens is 316 g/mol. The molecule has 2 aromatic rings. The Bertz CT molecular complexity index is 754. The number of carbonyl (C=O) groups is 1. The van der Waals surface area contributed by atoms with E-state index in [1.807, 2.05) is 29.9 Å². The fourth-order valence-electron chi connectivity index (χ4n) is 3.42. The second-order valence-electron chi connectivity index (χ2n) is 7.95. The molecule has 0 fully saturated rings. The summed E-state index contributed by atoms with van der Waals surface area (Å²) in [7, 11) is 3.86. The smallest absolute Gasteiger partial charge is 0.223 e. The van der Waals surface area contributed by atoms with Gasteiger partial charge >= 0.3 is 0 Å². The van der Waals surface area contributed by atoms with E-state index in [1.165, 1.54) is 11.3 Å². The van der Waals surface area contributed by atoms with Crippen LogP contribution in [0.3, 0.4) is 0 Å². The van der Waals surface area contributed by atoms with Crippen LogP contribution in [-0.4, -0.2) is 32.6 Å². The number of aromatic nitrogens is 3. The van der Waals surface area contributed by atoms with Crippen molar-refractivity contribution in [2.24, 2.45) is 7.05 Å². The summed E-state index contributed by atoms with van der Waals surface area (Å²) in [5.41, 5.74) is 2.37. The first-order chi connectivity index (χ1) is 11.8. The van der Waals surface area contributed by atoms with Gasteiger partial charge in [-0.2, -0.15) is 5.10 Å². The summed E-state index contributed by atoms with van der Waals surface area (Å²) in [6.45, 7) is 6.26. The number of hydrogen-bond donors (Lipinski definition) is 0. The van der Waals surface area contributed by atoms with E-state index in [0.717, 1.165) is 25.0 Å². The third-order valence-electron chi connectivity index (χ3n) is 5.05. The number of rotatable bonds is 4. The van der Waals surface area contributed by atoms with E-state index in [1.54, 1.807) is 6.20 Å². The predicted octanol–water partition coefficient (Wildman–Crippen LogP) is 3.17. The van der Waals surface area contributed by atoms with E-state index < -0.39 is 0 Å². The topological polar surface area (TPSA) is 64.2 Å². The lowest BCUT2D eigenvalue weighted by atomic mass is 9.92. The van der Waals surface area contributed by atoms with Gasteiger partial charge in [-0.3, -0.25) is 9.48 Å². The Balaban J connectivity index is 1.63. The highest BCUT2D eigenvalue weighted by Gasteiger charge is 2.29. The van der Waals surface area contributed by atoms with Crippen molar-refractivity contribution in [2.45, 2.75) is 64.3 Å². The molecule has 1 aliphatic rings. The van der Waals surface area contributed by atoms with E-state index in [4.69, 9.17) is 4.42 Å². The molecule has 0 spiro atoms. The molecule has 0 N–H and O–H groups in total. The Kier molecular flexibility index (Phi) is 4.71. The molecule has 3 rings (SSSR count). The minimum absolute atomic E-state index is 0.0646. The van der Waals surface area contributed by atoms with Crippen LogP contribution in [0.5, 0.6) is 0 Å². The number of fused-ring (bicyclic) bond motifs is 1. The number of carbonyl (C=O) groups excluding carboxylic acids is 1. The SMILES string of the molecule is CN(C(=O)CCc1ncc(C(C)(C)C)o1)C1CCCc2c1cnn2C. The Morgan fingerprint density at radius 1 is 1.40 bits per heavy atom. The maximum absolute atomic E-state index is 12.7. The summed E-state index contributed by atoms with van der Waals surface area (Å²) in [5.74, 6) is 1.62. The van der Waals surface area contributed by atoms with Crippen LogP contribution in [0.4, 0.5) is 0 Å². The molecular formula is C19H28N4O2. The van der Waals surface area contributed by atoms with Crippen molar-refractivity contribution < 1.29 is 9.21 Å². The lowest BCUT2D eigenvalue weighted by Crippen LogP contribution is -2.33. The highest BCUT2D eigenvalue weighted by molar-refractivity contribution is 5.76. The van der Waals surface area contributed by atoms with Crippen molar-refractivity contribution in [3.63, 3.8) is 0 Å². The molecule has 0 bridgehead atoms. The maximum Gasteiger partial charge on any atom is 0.223 e. The van der Waals surface area contributed by atoms with Crippen molar-refractivity contribution in [2.75, 3.05) is 7.05 Å². The van der Waals surface area contributed by atoms with Gasteiger partial charge < -0.3 is 9.32 Å². The van der Waals surface area contributed by atoms with Gasteiger partial charge in [0.05, 0.1) is 18.4 Å². The second-order valence-corrected chi connectivity index (χ2v) is 7.95. The average Bonchev–Trinajstić information content (AvgIpc) is 3.19. The molecule has 2 heterocycles. The molecule has 1 unspecified atom stereocenters. The van der Waals surface area contributed by atoms with E-state index in [0.29, 0.717) is 18.7 Å². The van der Waals surface area contributed by atoms with Crippen molar-refractivity contribution in [3.8, 4) is 0 Å². The van der Waals surface area contributed by atoms with Crippen molar-refractivity contribution in [1.82, 2.24) is 19.7 Å². The van der Waals surface area contributed by atoms with Gasteiger partial charge in [0.1, 0.15) is 5.76 Å². The maximum atomic E-state index is 12.7. The van der Waals surface area contributed by atoms with Gasteiger partial charge in [-0.1, -0.05) is 20.8 Å². The zero-order valence-corrected chi connectivity index (χ0v) is 15.9. The first kappa shape index (κ1) is 17.7. The van der Waals surface area contributed by atoms with Gasteiger partial charge in [0.2, 0.25) is 5.91 Å². The third-order valence-corrected chi connectivity index (χ3v) is 5.05. The monoisotopic (exact) mass is 344 g/mol. The summed E-state index contributed by atoms with van der Waals surface area (Å²) >= 11 is 0. The largest absolute Gasteiger partial charge is 0.445 e. The molecule has 6 nitrogen and oxygen atoms in total. The molecule has 1 amide bonds. The quantitative estimate of drug-likeness (QED) is 0.854. The molecule has 136 valence electrons. The van der Waals surface area contributed by atoms with Crippen LogP contribution in [0.15, 0.2) is 16.8 Å². The van der Waals surface area contributed by atoms with Gasteiger partial charge in [-0.25, -0.2) is 4.98 Å². The van der Waals surface area contributed by atoms with E-state index in [-0.39, 0.29) is 17.4 Å². The molecule has 25 heavy (non-hydrogen) atoms. The lowest BCUT2D eigenvalue weighted by molar-refractivity contribution is -0.132. The van der Waals surface area contributed by atoms with Gasteiger partial charge in [0.15, 0.2) is 5.89 Å². The molecule has 1 atom stereocenters. The lowest BCUT2D eigenvalue weighted by Gasteiger charge is -2.31. The standard InChI is InChI=1S/C19H28N4O2/c1-19(2,3)16-12-20-17(25-16)9-10-18(24)22(4)14-7-6-8-15-13(14)11-21-23(15)5/h11-12,14H,6-10H2,1-5H3. The number of aryl methyl sites for hydroxylation is 2. The minimum Gasteiger partial charge on any atom is -0.445 e. The van der Waals surface area contributed by atoms with Crippen LogP contribution in [-0.2, 0) is 30.1 Å². The minimum atomic E-state index is -0.0646. The number of amides is 1. The summed E-state index contributed by atoms with van der Waals surface area (Å²) in [6, 6.07) is 0.125. The van der Waals surface area contributed by atoms with Crippen molar-refractivity contribution in [3.05, 3.63) is 35.3 Å². The van der Waals surface area contributed by atoms with E-state index in [9.17, 15) is 4.79 Å². The molecule has 0 saturated carbocycles. The first-order valence-corrected chi connectivity index (χ1v) is 8.99. The van der Waals surface area contributed by atoms with Crippen LogP contribution < -0.4 is 0 Å². The molecule has 0 aliphatic heterocycles. The number of hydrogen-bond acceptors (Lipinski definition) is 4. The van der Waals surface area contributed by atoms with Crippen LogP contribution >= 0.6 is 0 Å². The van der Waals surface area contributed by atoms with Crippen molar-refractivity contribution >= 4 is 5.91 Å². The zero-order chi connectivity index (χ0) is 18.2. The normalized spacial score (nSPS) is 17.4. The van der Waals surface area contributed by atoms with Gasteiger partial charge in [0, 0.05) is 43.6 Å². The summed E-state index contributed by atoms with van der Waals surface area (Å²) in [4.78, 5) is 18.8. The van der Waals surface area contributed by atoms with Gasteiger partial charge in [0.25, 0.3) is 0 Å². The summed E-state index contributed by atoms with van der Waals surface area (Å²) in [6.07, 6.45) is 7.74. The Labute approximate surface area is 149 Å². The summed E-state index contributed by atoms with van der Waals surface area (Å²) < 4.78 is 7.72. The molecule has 2 aromatic heterocycles. The number of oxazole rings is 1. The van der Waals surface area contributed by atoms with E-state index in [2.05, 4.69) is 30.9 Å². The van der Waals surface area contributed by atoms with Gasteiger partial charge in [-0.15, -0.1) is 0 Å². The number of nitrogens with zero attached hydrogens (tertiary/aromatic N) is 4. The highest BCUT2D eigenvalue weighted by atomic mass is 16.4. The Morgan fingerprint density at radius 3 is 2.84 bits per heavy atom. The van der Waals surface area contributed by atoms with Gasteiger partial charge in [-0.05, 0) is 19.3 Å². The fourth-order valence-corrected chi connectivity index (χ4v) is 3.42. The third kappa shape index (κ3) is 3.62. The van der Waals surface area contributed by atoms with Crippen LogP contribution in [0.25, 0.3) is 0 Å². The molecule has 0 radical (unpaired) electrons. The van der Waals surface area contributed by atoms with Crippen molar-refractivity contribution in [1.29, 1.82) is 0 Å². The van der Waals surface area contributed by atoms with Crippen LogP contribution in [0.2, 0.25) is 0 Å². The summed E-state index contributed by atoms with van der Waals surface area (Å²) in [5, 5.41) is 4.36. The average molecular weight is 344 g/mol. The zero-order valence-electron chi connectivity index (χ0n) is 15.9. The molecule has 6 heteroatoms. The first-order valence-electron chi connectivity index (χ1n) is 8.99. The Morgan fingerprint density at radius 2 is 2.16 bits per heavy atom. The van der Waals surface area contributed by atoms with Crippen LogP contribution in [0.1, 0.15) is 69.0 Å². The van der Waals surface area contributed by atoms with E-state index >= 15 is 0 Å². The molecule has 0 saturated heterocycles. The predicted molar refractivity (Wildman–Crippen MR) is 95.2 cm³/mol. The second kappa shape index (κ2) is 6.65. The Hall–Kier alpha value is -2.11. The molecule has 0 aromatic carbocycles. The molecule has 1 aliphatic carbocycles.